The molecule has 8 nitrogen and oxygen atoms in total. The molecule has 1 aliphatic heterocycles. The van der Waals surface area contributed by atoms with Gasteiger partial charge in [0.15, 0.2) is 5.96 Å². The quantitative estimate of drug-likeness (QED) is 0.353. The Morgan fingerprint density at radius 2 is 2.00 bits per heavy atom. The van der Waals surface area contributed by atoms with Crippen LogP contribution < -0.4 is 10.6 Å². The molecule has 0 spiro atoms. The van der Waals surface area contributed by atoms with Gasteiger partial charge in [-0.3, -0.25) is 4.99 Å². The van der Waals surface area contributed by atoms with Crippen LogP contribution in [0.5, 0.6) is 0 Å². The van der Waals surface area contributed by atoms with Gasteiger partial charge in [0.1, 0.15) is 5.60 Å². The van der Waals surface area contributed by atoms with Crippen molar-refractivity contribution in [1.82, 2.24) is 15.5 Å². The summed E-state index contributed by atoms with van der Waals surface area (Å²) in [4.78, 5) is 19.1. The largest absolute Gasteiger partial charge is 0.444 e. The summed E-state index contributed by atoms with van der Waals surface area (Å²) in [7, 11) is 3.46. The van der Waals surface area contributed by atoms with Gasteiger partial charge in [-0.05, 0) is 32.8 Å². The van der Waals surface area contributed by atoms with E-state index in [1.165, 1.54) is 0 Å². The van der Waals surface area contributed by atoms with Crippen LogP contribution in [-0.2, 0) is 14.2 Å². The average Bonchev–Trinajstić information content (AvgIpc) is 3.19. The number of alkyl carbamates (subject to hydrolysis) is 1. The second-order valence-electron chi connectivity index (χ2n) is 8.71. The van der Waals surface area contributed by atoms with E-state index in [2.05, 4.69) is 20.5 Å². The number of nitrogens with one attached hydrogen (secondary N) is 2. The summed E-state index contributed by atoms with van der Waals surface area (Å²) in [6.45, 7) is 9.84. The molecule has 31 heavy (non-hydrogen) atoms. The van der Waals surface area contributed by atoms with Crippen LogP contribution in [0.1, 0.15) is 38.8 Å². The number of likely N-dealkylation sites (tertiary alicyclic amines) is 1. The van der Waals surface area contributed by atoms with Gasteiger partial charge < -0.3 is 29.7 Å². The Bertz CT molecular complexity index is 691. The van der Waals surface area contributed by atoms with Crippen molar-refractivity contribution in [3.8, 4) is 0 Å². The van der Waals surface area contributed by atoms with E-state index in [0.29, 0.717) is 25.7 Å². The normalized spacial score (nSPS) is 18.0. The number of nitrogens with zero attached hydrogens (tertiary/aromatic N) is 2. The molecular formula is C23H38N4O4. The molecule has 1 aliphatic rings. The Hall–Kier alpha value is -2.32. The van der Waals surface area contributed by atoms with Crippen molar-refractivity contribution in [2.75, 3.05) is 53.6 Å². The van der Waals surface area contributed by atoms with Crippen molar-refractivity contribution in [3.05, 3.63) is 35.9 Å². The van der Waals surface area contributed by atoms with Crippen molar-refractivity contribution in [3.63, 3.8) is 0 Å². The summed E-state index contributed by atoms with van der Waals surface area (Å²) in [5.74, 6) is 1.30. The van der Waals surface area contributed by atoms with Crippen molar-refractivity contribution >= 4 is 12.1 Å². The van der Waals surface area contributed by atoms with Crippen LogP contribution in [0.15, 0.2) is 35.3 Å². The van der Waals surface area contributed by atoms with Crippen LogP contribution in [0, 0.1) is 5.92 Å². The lowest BCUT2D eigenvalue weighted by Gasteiger charge is -2.27. The molecule has 1 saturated heterocycles. The van der Waals surface area contributed by atoms with Gasteiger partial charge in [-0.2, -0.15) is 0 Å². The monoisotopic (exact) mass is 434 g/mol. The molecule has 2 atom stereocenters. The van der Waals surface area contributed by atoms with Crippen LogP contribution in [0.3, 0.4) is 0 Å². The molecule has 0 saturated carbocycles. The van der Waals surface area contributed by atoms with E-state index in [0.717, 1.165) is 37.6 Å². The van der Waals surface area contributed by atoms with E-state index in [1.807, 2.05) is 51.1 Å². The Labute approximate surface area is 186 Å². The van der Waals surface area contributed by atoms with Gasteiger partial charge in [0, 0.05) is 39.7 Å². The van der Waals surface area contributed by atoms with Crippen LogP contribution in [0.2, 0.25) is 0 Å². The van der Waals surface area contributed by atoms with Crippen molar-refractivity contribution < 1.29 is 19.0 Å². The molecule has 1 fully saturated rings. The standard InChI is InChI=1S/C23H38N4O4/c1-23(2,3)31-22(28)26-20(19-9-7-6-8-10-19)15-25-21(24-4)27-12-11-18(16-27)17-30-14-13-29-5/h6-10,18,20H,11-17H2,1-5H3,(H,24,25)(H,26,28). The van der Waals surface area contributed by atoms with Crippen LogP contribution in [0.4, 0.5) is 4.79 Å². The lowest BCUT2D eigenvalue weighted by Crippen LogP contribution is -2.45. The van der Waals surface area contributed by atoms with Crippen molar-refractivity contribution in [2.24, 2.45) is 10.9 Å². The SMILES string of the molecule is CN=C(NCC(NC(=O)OC(C)(C)C)c1ccccc1)N1CCC(COCCOC)C1. The minimum absolute atomic E-state index is 0.247. The Morgan fingerprint density at radius 3 is 2.65 bits per heavy atom. The molecule has 174 valence electrons. The number of hydrogen-bond donors (Lipinski definition) is 2. The summed E-state index contributed by atoms with van der Waals surface area (Å²) in [6.07, 6.45) is 0.624. The zero-order valence-electron chi connectivity index (χ0n) is 19.5. The fraction of sp³-hybridized carbons (Fsp3) is 0.652. The third-order valence-electron chi connectivity index (χ3n) is 4.94. The van der Waals surface area contributed by atoms with Crippen molar-refractivity contribution in [2.45, 2.75) is 38.8 Å². The van der Waals surface area contributed by atoms with Gasteiger partial charge in [0.05, 0.1) is 25.9 Å². The predicted molar refractivity (Wildman–Crippen MR) is 122 cm³/mol. The summed E-state index contributed by atoms with van der Waals surface area (Å²) in [5, 5.41) is 6.40. The summed E-state index contributed by atoms with van der Waals surface area (Å²) in [6, 6.07) is 9.62. The maximum atomic E-state index is 12.4. The molecule has 0 aromatic heterocycles. The minimum Gasteiger partial charge on any atom is -0.444 e. The first-order valence-electron chi connectivity index (χ1n) is 10.9. The fourth-order valence-corrected chi connectivity index (χ4v) is 3.47. The molecule has 2 N–H and O–H groups in total. The van der Waals surface area contributed by atoms with E-state index >= 15 is 0 Å². The smallest absolute Gasteiger partial charge is 0.408 e. The number of rotatable bonds is 9. The molecule has 0 radical (unpaired) electrons. The number of benzene rings is 1. The highest BCUT2D eigenvalue weighted by molar-refractivity contribution is 5.80. The molecule has 2 rings (SSSR count). The zero-order chi connectivity index (χ0) is 22.7. The number of guanidine groups is 1. The van der Waals surface area contributed by atoms with E-state index in [9.17, 15) is 4.79 Å². The topological polar surface area (TPSA) is 84.4 Å². The highest BCUT2D eigenvalue weighted by Crippen LogP contribution is 2.18. The number of ether oxygens (including phenoxy) is 3. The second-order valence-corrected chi connectivity index (χ2v) is 8.71. The summed E-state index contributed by atoms with van der Waals surface area (Å²) < 4.78 is 16.2. The van der Waals surface area contributed by atoms with Gasteiger partial charge in [0.2, 0.25) is 0 Å². The summed E-state index contributed by atoms with van der Waals surface area (Å²) in [5.41, 5.74) is 0.451. The minimum atomic E-state index is -0.551. The molecule has 2 unspecified atom stereocenters. The Morgan fingerprint density at radius 1 is 1.26 bits per heavy atom. The molecule has 0 bridgehead atoms. The molecular weight excluding hydrogens is 396 g/mol. The molecule has 1 amide bonds. The van der Waals surface area contributed by atoms with Crippen LogP contribution >= 0.6 is 0 Å². The van der Waals surface area contributed by atoms with Gasteiger partial charge >= 0.3 is 6.09 Å². The highest BCUT2D eigenvalue weighted by atomic mass is 16.6. The van der Waals surface area contributed by atoms with E-state index < -0.39 is 11.7 Å². The van der Waals surface area contributed by atoms with Gasteiger partial charge in [-0.15, -0.1) is 0 Å². The summed E-state index contributed by atoms with van der Waals surface area (Å²) >= 11 is 0. The van der Waals surface area contributed by atoms with E-state index in [1.54, 1.807) is 14.2 Å². The van der Waals surface area contributed by atoms with Gasteiger partial charge in [0.25, 0.3) is 0 Å². The third-order valence-corrected chi connectivity index (χ3v) is 4.94. The average molecular weight is 435 g/mol. The first kappa shape index (κ1) is 24.9. The number of carbonyl (C=O) groups excluding carboxylic acids is 1. The molecule has 1 aromatic rings. The van der Waals surface area contributed by atoms with Crippen molar-refractivity contribution in [1.29, 1.82) is 0 Å². The van der Waals surface area contributed by atoms with E-state index in [-0.39, 0.29) is 6.04 Å². The number of aliphatic imine (C=N–C) groups is 1. The van der Waals surface area contributed by atoms with E-state index in [4.69, 9.17) is 14.2 Å². The fourth-order valence-electron chi connectivity index (χ4n) is 3.47. The highest BCUT2D eigenvalue weighted by Gasteiger charge is 2.26. The number of hydrogen-bond acceptors (Lipinski definition) is 5. The Kier molecular flexibility index (Phi) is 10.1. The lowest BCUT2D eigenvalue weighted by molar-refractivity contribution is 0.0503. The molecule has 0 aliphatic carbocycles. The first-order chi connectivity index (χ1) is 14.8. The maximum Gasteiger partial charge on any atom is 0.408 e. The third kappa shape index (κ3) is 9.14. The number of methoxy groups -OCH3 is 1. The molecule has 1 heterocycles. The second kappa shape index (κ2) is 12.5. The predicted octanol–water partition coefficient (Wildman–Crippen LogP) is 2.81. The molecule has 8 heteroatoms. The number of carbonyl (C=O) groups is 1. The van der Waals surface area contributed by atoms with Crippen LogP contribution in [-0.4, -0.2) is 76.2 Å². The number of amides is 1. The zero-order valence-corrected chi connectivity index (χ0v) is 19.5. The lowest BCUT2D eigenvalue weighted by atomic mass is 10.1. The first-order valence-corrected chi connectivity index (χ1v) is 10.9. The van der Waals surface area contributed by atoms with Crippen LogP contribution in [0.25, 0.3) is 0 Å². The maximum absolute atomic E-state index is 12.4. The van der Waals surface area contributed by atoms with Gasteiger partial charge in [-0.1, -0.05) is 30.3 Å². The van der Waals surface area contributed by atoms with Gasteiger partial charge in [-0.25, -0.2) is 4.79 Å². The Balaban J connectivity index is 1.92. The molecule has 1 aromatic carbocycles.